The first kappa shape index (κ1) is 62.9. The molecule has 2 fully saturated rings. The van der Waals surface area contributed by atoms with Crippen molar-refractivity contribution in [2.75, 3.05) is 91.6 Å². The lowest BCUT2D eigenvalue weighted by Crippen LogP contribution is -3.13. The second-order valence-electron chi connectivity index (χ2n) is 12.7. The van der Waals surface area contributed by atoms with Gasteiger partial charge in [-0.3, -0.25) is 0 Å². The van der Waals surface area contributed by atoms with Crippen LogP contribution in [0.2, 0.25) is 0 Å². The van der Waals surface area contributed by atoms with Crippen LogP contribution in [0, 0.1) is 0 Å². The highest BCUT2D eigenvalue weighted by atomic mass is 32.2. The molecule has 0 aromatic heterocycles. The molecule has 2 heterocycles. The van der Waals surface area contributed by atoms with Gasteiger partial charge in [0.15, 0.2) is 40.5 Å². The molecular weight excluding hydrogens is 945 g/mol. The molecule has 0 spiro atoms. The third-order valence-electron chi connectivity index (χ3n) is 7.61. The summed E-state index contributed by atoms with van der Waals surface area (Å²) in [4.78, 5) is 3.72. The SMILES string of the molecule is C1CNCCC[NH+](CCCC[NH+]2CCCNCCC[NH2+]CCC2)CCC[NH2+]C1.O=S(=O)([O-])C(F)(F)F.O=S(=O)([O-])C(F)(F)F.O=S(=O)([O-])C(F)(F)F.O=S(=O)([O-])C(F)(F)F. The van der Waals surface area contributed by atoms with E-state index in [1.807, 2.05) is 9.80 Å². The lowest BCUT2D eigenvalue weighted by molar-refractivity contribution is -0.908. The van der Waals surface area contributed by atoms with E-state index in [2.05, 4.69) is 21.3 Å². The molecule has 8 N–H and O–H groups in total. The van der Waals surface area contributed by atoms with E-state index in [4.69, 9.17) is 51.9 Å². The lowest BCUT2D eigenvalue weighted by Gasteiger charge is -2.22. The Bertz CT molecular complexity index is 1350. The third kappa shape index (κ3) is 36.1. The number of hydrogen-bond donors (Lipinski definition) is 6. The zero-order valence-electron chi connectivity index (χ0n) is 31.8. The van der Waals surface area contributed by atoms with Crippen molar-refractivity contribution >= 4 is 40.5 Å². The summed E-state index contributed by atoms with van der Waals surface area (Å²) in [6, 6.07) is 0. The van der Waals surface area contributed by atoms with Gasteiger partial charge < -0.3 is 49.3 Å². The highest BCUT2D eigenvalue weighted by molar-refractivity contribution is 7.87. The predicted molar refractivity (Wildman–Crippen MR) is 180 cm³/mol. The average Bonchev–Trinajstić information content (AvgIpc) is 3.02. The highest BCUT2D eigenvalue weighted by Gasteiger charge is 2.38. The number of unbranched alkanes of at least 4 members (excludes halogenated alkanes) is 1. The van der Waals surface area contributed by atoms with Crippen LogP contribution in [-0.2, 0) is 40.5 Å². The maximum Gasteiger partial charge on any atom is 0.485 e. The number of alkyl halides is 12. The largest absolute Gasteiger partial charge is 0.741 e. The van der Waals surface area contributed by atoms with Gasteiger partial charge in [-0.05, 0) is 0 Å². The van der Waals surface area contributed by atoms with Crippen molar-refractivity contribution < 1.29 is 125 Å². The zero-order chi connectivity index (χ0) is 47.5. The van der Waals surface area contributed by atoms with Gasteiger partial charge in [-0.2, -0.15) is 52.7 Å². The second-order valence-corrected chi connectivity index (χ2v) is 18.1. The van der Waals surface area contributed by atoms with Crippen LogP contribution in [0.5, 0.6) is 0 Å². The Hall–Kier alpha value is -1.44. The highest BCUT2D eigenvalue weighted by Crippen LogP contribution is 2.22. The molecule has 18 nitrogen and oxygen atoms in total. The molecule has 366 valence electrons. The van der Waals surface area contributed by atoms with Crippen molar-refractivity contribution in [3.05, 3.63) is 0 Å². The van der Waals surface area contributed by atoms with Crippen LogP contribution in [0.15, 0.2) is 0 Å². The number of nitrogens with one attached hydrogen (secondary N) is 4. The fourth-order valence-corrected chi connectivity index (χ4v) is 4.70. The molecule has 0 aliphatic carbocycles. The number of rotatable bonds is 5. The van der Waals surface area contributed by atoms with Crippen LogP contribution in [0.25, 0.3) is 0 Å². The number of halogens is 12. The topological polar surface area (TPSA) is 295 Å². The Kier molecular flexibility index (Phi) is 31.3. The summed E-state index contributed by atoms with van der Waals surface area (Å²) in [6.07, 6.45) is 11.0. The van der Waals surface area contributed by atoms with E-state index in [0.29, 0.717) is 0 Å². The van der Waals surface area contributed by atoms with E-state index >= 15 is 0 Å². The van der Waals surface area contributed by atoms with Crippen molar-refractivity contribution in [1.29, 1.82) is 0 Å². The van der Waals surface area contributed by atoms with Gasteiger partial charge in [0.25, 0.3) is 0 Å². The van der Waals surface area contributed by atoms with Gasteiger partial charge in [-0.25, -0.2) is 33.7 Å². The van der Waals surface area contributed by atoms with E-state index in [1.165, 1.54) is 143 Å². The molecule has 2 unspecified atom stereocenters. The third-order valence-corrected chi connectivity index (χ3v) is 9.88. The molecule has 2 aliphatic rings. The van der Waals surface area contributed by atoms with Gasteiger partial charge in [-0.15, -0.1) is 0 Å². The molecule has 0 amide bonds. The molecule has 2 saturated heterocycles. The van der Waals surface area contributed by atoms with Crippen molar-refractivity contribution in [2.45, 2.75) is 73.4 Å². The Balaban J connectivity index is -0.000000823. The molecule has 0 saturated carbocycles. The second kappa shape index (κ2) is 29.8. The van der Waals surface area contributed by atoms with Crippen LogP contribution >= 0.6 is 0 Å². The van der Waals surface area contributed by atoms with Gasteiger partial charge in [0.05, 0.1) is 65.4 Å². The first-order valence-electron chi connectivity index (χ1n) is 17.8. The van der Waals surface area contributed by atoms with Gasteiger partial charge >= 0.3 is 22.0 Å². The molecule has 0 aromatic carbocycles. The molecular formula is C26H52F12N6O12S4. The lowest BCUT2D eigenvalue weighted by atomic mass is 10.2. The van der Waals surface area contributed by atoms with Crippen molar-refractivity contribution in [3.8, 4) is 0 Å². The van der Waals surface area contributed by atoms with Gasteiger partial charge in [0.1, 0.15) is 0 Å². The monoisotopic (exact) mass is 996 g/mol. The quantitative estimate of drug-likeness (QED) is 0.0673. The normalized spacial score (nSPS) is 20.7. The first-order chi connectivity index (χ1) is 26.9. The van der Waals surface area contributed by atoms with Crippen LogP contribution in [0.1, 0.15) is 51.4 Å². The summed E-state index contributed by atoms with van der Waals surface area (Å²) in [5.41, 5.74) is -22.6. The summed E-state index contributed by atoms with van der Waals surface area (Å²) in [5, 5.41) is 12.3. The summed E-state index contributed by atoms with van der Waals surface area (Å²) < 4.78 is 236. The van der Waals surface area contributed by atoms with Gasteiger partial charge in [0.2, 0.25) is 0 Å². The summed E-state index contributed by atoms with van der Waals surface area (Å²) in [5.74, 6) is 0. The maximum atomic E-state index is 10.7. The molecule has 2 rings (SSSR count). The molecule has 0 bridgehead atoms. The smallest absolute Gasteiger partial charge is 0.485 e. The minimum absolute atomic E-state index is 1.21. The van der Waals surface area contributed by atoms with Crippen LogP contribution in [-0.4, -0.2) is 166 Å². The minimum atomic E-state index is -6.09. The van der Waals surface area contributed by atoms with Crippen molar-refractivity contribution in [1.82, 2.24) is 10.6 Å². The summed E-state index contributed by atoms with van der Waals surface area (Å²) in [6.45, 7) is 18.4. The molecule has 0 aromatic rings. The average molecular weight is 997 g/mol. The van der Waals surface area contributed by atoms with Crippen molar-refractivity contribution in [3.63, 3.8) is 0 Å². The van der Waals surface area contributed by atoms with Crippen LogP contribution in [0.3, 0.4) is 0 Å². The maximum absolute atomic E-state index is 10.7. The van der Waals surface area contributed by atoms with E-state index in [9.17, 15) is 52.7 Å². The number of quaternary nitrogens is 4. The molecule has 0 radical (unpaired) electrons. The van der Waals surface area contributed by atoms with Gasteiger partial charge in [0, 0.05) is 77.5 Å². The van der Waals surface area contributed by atoms with E-state index in [1.54, 1.807) is 0 Å². The number of hydrogen-bond acceptors (Lipinski definition) is 14. The molecule has 2 aliphatic heterocycles. The minimum Gasteiger partial charge on any atom is -0.741 e. The zero-order valence-corrected chi connectivity index (χ0v) is 35.0. The van der Waals surface area contributed by atoms with E-state index < -0.39 is 62.5 Å². The molecule has 34 heteroatoms. The first-order valence-corrected chi connectivity index (χ1v) is 23.4. The Morgan fingerprint density at radius 2 is 0.600 bits per heavy atom. The standard InChI is InChI=1S/C22H48N6.4CHF3O3S/c1(17-27-19-5-13-23-9-3-10-24-14-6-20-27)2-18-28-21-7-15-25-11-4-12-26-16-8-22-28;4*2-1(3,4)8(5,6)7/h23-26H,1-22H2;4*(H,5,6,7). The molecule has 60 heavy (non-hydrogen) atoms. The molecule has 2 atom stereocenters. The fraction of sp³-hybridized carbons (Fsp3) is 1.00. The predicted octanol–water partition coefficient (Wildman–Crippen LogP) is -3.58. The fourth-order valence-electron chi connectivity index (χ4n) is 4.70. The van der Waals surface area contributed by atoms with Gasteiger partial charge in [-0.1, -0.05) is 0 Å². The van der Waals surface area contributed by atoms with E-state index in [-0.39, 0.29) is 0 Å². The van der Waals surface area contributed by atoms with E-state index in [0.717, 1.165) is 0 Å². The summed E-state index contributed by atoms with van der Waals surface area (Å²) >= 11 is 0. The van der Waals surface area contributed by atoms with Crippen molar-refractivity contribution in [2.24, 2.45) is 0 Å². The number of nitrogens with two attached hydrogens (primary N) is 2. The van der Waals surface area contributed by atoms with Crippen LogP contribution < -0.4 is 31.1 Å². The van der Waals surface area contributed by atoms with Crippen LogP contribution in [0.4, 0.5) is 52.7 Å². The Labute approximate surface area is 340 Å². The summed E-state index contributed by atoms with van der Waals surface area (Å²) in [7, 11) is -24.4. The Morgan fingerprint density at radius 1 is 0.400 bits per heavy atom. The Morgan fingerprint density at radius 3 is 0.833 bits per heavy atom.